The number of nitrogens with zero attached hydrogens (tertiary/aromatic N) is 1. The van der Waals surface area contributed by atoms with E-state index in [-0.39, 0.29) is 17.0 Å². The zero-order chi connectivity index (χ0) is 14.8. The second kappa shape index (κ2) is 5.64. The van der Waals surface area contributed by atoms with Crippen molar-refractivity contribution in [1.82, 2.24) is 4.90 Å². The first-order valence-electron chi connectivity index (χ1n) is 7.07. The maximum atomic E-state index is 6.37. The summed E-state index contributed by atoms with van der Waals surface area (Å²) in [5, 5.41) is 0. The summed E-state index contributed by atoms with van der Waals surface area (Å²) in [5.41, 5.74) is 9.27. The smallest absolute Gasteiger partial charge is 0.0301 e. The van der Waals surface area contributed by atoms with Gasteiger partial charge in [0.25, 0.3) is 0 Å². The van der Waals surface area contributed by atoms with Gasteiger partial charge in [-0.1, -0.05) is 45.0 Å². The predicted octanol–water partition coefficient (Wildman–Crippen LogP) is 3.19. The van der Waals surface area contributed by atoms with Crippen molar-refractivity contribution in [2.45, 2.75) is 58.0 Å². The molecule has 0 bridgehead atoms. The quantitative estimate of drug-likeness (QED) is 0.903. The van der Waals surface area contributed by atoms with Gasteiger partial charge in [0.05, 0.1) is 0 Å². The average Bonchev–Trinajstić information content (AvgIpc) is 2.28. The largest absolute Gasteiger partial charge is 0.326 e. The first-order valence-corrected chi connectivity index (χ1v) is 7.07. The first kappa shape index (κ1) is 16.2. The van der Waals surface area contributed by atoms with E-state index in [0.29, 0.717) is 0 Å². The second-order valence-corrected chi connectivity index (χ2v) is 7.31. The molecule has 1 atom stereocenters. The highest BCUT2D eigenvalue weighted by molar-refractivity contribution is 5.28. The van der Waals surface area contributed by atoms with E-state index in [9.17, 15) is 0 Å². The fourth-order valence-corrected chi connectivity index (χ4v) is 1.98. The fraction of sp³-hybridized carbons (Fsp3) is 0.647. The Labute approximate surface area is 119 Å². The van der Waals surface area contributed by atoms with Crippen LogP contribution in [0.1, 0.15) is 45.7 Å². The van der Waals surface area contributed by atoms with Crippen LogP contribution in [0.3, 0.4) is 0 Å². The van der Waals surface area contributed by atoms with Crippen LogP contribution in [0, 0.1) is 0 Å². The number of hydrogen-bond donors (Lipinski definition) is 1. The molecule has 1 rings (SSSR count). The van der Waals surface area contributed by atoms with E-state index in [0.717, 1.165) is 6.42 Å². The standard InChI is InChI=1S/C17H30N2/c1-16(2,3)14-10-8-13(9-11-14)12-15(18)17(4,5)19(6)7/h8-11,15H,12,18H2,1-7H3. The molecule has 0 radical (unpaired) electrons. The molecule has 0 heterocycles. The molecular formula is C17H30N2. The van der Waals surface area contributed by atoms with Crippen molar-refractivity contribution in [3.05, 3.63) is 35.4 Å². The third kappa shape index (κ3) is 4.05. The lowest BCUT2D eigenvalue weighted by molar-refractivity contribution is 0.158. The van der Waals surface area contributed by atoms with Crippen LogP contribution in [0.15, 0.2) is 24.3 Å². The summed E-state index contributed by atoms with van der Waals surface area (Å²) in [6, 6.07) is 9.01. The Kier molecular flexibility index (Phi) is 4.81. The van der Waals surface area contributed by atoms with Crippen LogP contribution < -0.4 is 5.73 Å². The Balaban J connectivity index is 2.79. The van der Waals surface area contributed by atoms with E-state index >= 15 is 0 Å². The molecule has 1 aromatic carbocycles. The minimum Gasteiger partial charge on any atom is -0.326 e. The van der Waals surface area contributed by atoms with Gasteiger partial charge in [-0.05, 0) is 50.9 Å². The maximum Gasteiger partial charge on any atom is 0.0301 e. The van der Waals surface area contributed by atoms with Gasteiger partial charge in [-0.3, -0.25) is 0 Å². The Hall–Kier alpha value is -0.860. The monoisotopic (exact) mass is 262 g/mol. The highest BCUT2D eigenvalue weighted by Crippen LogP contribution is 2.23. The summed E-state index contributed by atoms with van der Waals surface area (Å²) in [6.45, 7) is 11.1. The van der Waals surface area contributed by atoms with E-state index in [1.807, 2.05) is 0 Å². The Bertz CT molecular complexity index is 396. The van der Waals surface area contributed by atoms with E-state index in [1.165, 1.54) is 11.1 Å². The Morgan fingerprint density at radius 1 is 1.00 bits per heavy atom. The molecule has 0 aromatic heterocycles. The molecule has 1 aromatic rings. The average molecular weight is 262 g/mol. The topological polar surface area (TPSA) is 29.3 Å². The molecule has 0 amide bonds. The van der Waals surface area contributed by atoms with Gasteiger partial charge >= 0.3 is 0 Å². The molecule has 2 nitrogen and oxygen atoms in total. The minimum atomic E-state index is 0.00268. The van der Waals surface area contributed by atoms with Gasteiger partial charge in [-0.2, -0.15) is 0 Å². The van der Waals surface area contributed by atoms with Crippen molar-refractivity contribution in [3.63, 3.8) is 0 Å². The summed E-state index contributed by atoms with van der Waals surface area (Å²) in [7, 11) is 4.17. The highest BCUT2D eigenvalue weighted by atomic mass is 15.2. The van der Waals surface area contributed by atoms with Crippen molar-refractivity contribution < 1.29 is 0 Å². The molecule has 19 heavy (non-hydrogen) atoms. The molecule has 0 aliphatic rings. The van der Waals surface area contributed by atoms with Gasteiger partial charge in [-0.15, -0.1) is 0 Å². The zero-order valence-electron chi connectivity index (χ0n) is 13.6. The van der Waals surface area contributed by atoms with Crippen LogP contribution in [-0.4, -0.2) is 30.6 Å². The SMILES string of the molecule is CN(C)C(C)(C)C(N)Cc1ccc(C(C)(C)C)cc1. The number of nitrogens with two attached hydrogens (primary N) is 1. The van der Waals surface area contributed by atoms with Crippen LogP contribution in [0.4, 0.5) is 0 Å². The third-order valence-corrected chi connectivity index (χ3v) is 4.34. The maximum absolute atomic E-state index is 6.37. The van der Waals surface area contributed by atoms with E-state index in [1.54, 1.807) is 0 Å². The van der Waals surface area contributed by atoms with E-state index in [2.05, 4.69) is 77.9 Å². The van der Waals surface area contributed by atoms with Crippen molar-refractivity contribution in [3.8, 4) is 0 Å². The molecule has 2 heteroatoms. The Morgan fingerprint density at radius 2 is 1.47 bits per heavy atom. The van der Waals surface area contributed by atoms with Crippen LogP contribution in [0.5, 0.6) is 0 Å². The van der Waals surface area contributed by atoms with Crippen LogP contribution in [0.2, 0.25) is 0 Å². The van der Waals surface area contributed by atoms with Crippen molar-refractivity contribution in [1.29, 1.82) is 0 Å². The summed E-state index contributed by atoms with van der Waals surface area (Å²) >= 11 is 0. The van der Waals surface area contributed by atoms with Gasteiger partial charge < -0.3 is 10.6 Å². The number of rotatable bonds is 4. The fourth-order valence-electron chi connectivity index (χ4n) is 1.98. The minimum absolute atomic E-state index is 0.00268. The summed E-state index contributed by atoms with van der Waals surface area (Å²) in [6.07, 6.45) is 0.912. The van der Waals surface area contributed by atoms with Gasteiger partial charge in [0, 0.05) is 11.6 Å². The lowest BCUT2D eigenvalue weighted by Crippen LogP contribution is -2.54. The third-order valence-electron chi connectivity index (χ3n) is 4.34. The van der Waals surface area contributed by atoms with Crippen molar-refractivity contribution >= 4 is 0 Å². The summed E-state index contributed by atoms with van der Waals surface area (Å²) in [4.78, 5) is 2.20. The van der Waals surface area contributed by atoms with Crippen LogP contribution >= 0.6 is 0 Å². The second-order valence-electron chi connectivity index (χ2n) is 7.31. The van der Waals surface area contributed by atoms with E-state index in [4.69, 9.17) is 5.73 Å². The lowest BCUT2D eigenvalue weighted by Gasteiger charge is -2.38. The molecule has 0 saturated heterocycles. The molecule has 108 valence electrons. The van der Waals surface area contributed by atoms with Crippen LogP contribution in [-0.2, 0) is 11.8 Å². The molecular weight excluding hydrogens is 232 g/mol. The lowest BCUT2D eigenvalue weighted by atomic mass is 9.85. The number of likely N-dealkylation sites (N-methyl/N-ethyl adjacent to an activating group) is 1. The summed E-state index contributed by atoms with van der Waals surface area (Å²) < 4.78 is 0. The molecule has 0 fully saturated rings. The van der Waals surface area contributed by atoms with Gasteiger partial charge in [0.2, 0.25) is 0 Å². The molecule has 0 aliphatic carbocycles. The zero-order valence-corrected chi connectivity index (χ0v) is 13.6. The van der Waals surface area contributed by atoms with Crippen molar-refractivity contribution in [2.24, 2.45) is 5.73 Å². The molecule has 0 spiro atoms. The van der Waals surface area contributed by atoms with Gasteiger partial charge in [-0.25, -0.2) is 0 Å². The molecule has 0 saturated carbocycles. The number of hydrogen-bond acceptors (Lipinski definition) is 2. The van der Waals surface area contributed by atoms with Gasteiger partial charge in [0.1, 0.15) is 0 Å². The first-order chi connectivity index (χ1) is 8.55. The van der Waals surface area contributed by atoms with Gasteiger partial charge in [0.15, 0.2) is 0 Å². The molecule has 0 aliphatic heterocycles. The normalized spacial score (nSPS) is 14.8. The molecule has 1 unspecified atom stereocenters. The highest BCUT2D eigenvalue weighted by Gasteiger charge is 2.28. The van der Waals surface area contributed by atoms with Crippen LogP contribution in [0.25, 0.3) is 0 Å². The predicted molar refractivity (Wildman–Crippen MR) is 84.6 cm³/mol. The Morgan fingerprint density at radius 3 is 1.84 bits per heavy atom. The number of benzene rings is 1. The summed E-state index contributed by atoms with van der Waals surface area (Å²) in [5.74, 6) is 0. The molecule has 2 N–H and O–H groups in total. The van der Waals surface area contributed by atoms with E-state index < -0.39 is 0 Å². The van der Waals surface area contributed by atoms with Crippen molar-refractivity contribution in [2.75, 3.05) is 14.1 Å².